The Morgan fingerprint density at radius 2 is 2.05 bits per heavy atom. The summed E-state index contributed by atoms with van der Waals surface area (Å²) in [6.07, 6.45) is 2.05. The minimum atomic E-state index is -0.301. The molecule has 0 spiro atoms. The number of benzene rings is 1. The number of rotatable bonds is 2. The van der Waals surface area contributed by atoms with Crippen molar-refractivity contribution in [2.24, 2.45) is 5.92 Å². The van der Waals surface area contributed by atoms with Gasteiger partial charge in [-0.15, -0.1) is 0 Å². The van der Waals surface area contributed by atoms with Crippen LogP contribution in [0.1, 0.15) is 30.4 Å². The van der Waals surface area contributed by atoms with Crippen LogP contribution in [0.25, 0.3) is 0 Å². The van der Waals surface area contributed by atoms with Crippen LogP contribution in [0.3, 0.4) is 0 Å². The van der Waals surface area contributed by atoms with Crippen molar-refractivity contribution in [3.63, 3.8) is 0 Å². The van der Waals surface area contributed by atoms with Crippen LogP contribution in [-0.2, 0) is 14.3 Å². The molecule has 2 aliphatic heterocycles. The highest BCUT2D eigenvalue weighted by Gasteiger charge is 2.45. The highest BCUT2D eigenvalue weighted by molar-refractivity contribution is 6.21. The molecule has 0 aromatic heterocycles. The summed E-state index contributed by atoms with van der Waals surface area (Å²) in [6, 6.07) is 5.84. The predicted molar refractivity (Wildman–Crippen MR) is 75.5 cm³/mol. The molecular weight excluding hydrogens is 254 g/mol. The van der Waals surface area contributed by atoms with Crippen LogP contribution in [0.4, 0.5) is 5.69 Å². The van der Waals surface area contributed by atoms with Gasteiger partial charge in [0.1, 0.15) is 0 Å². The maximum absolute atomic E-state index is 12.6. The monoisotopic (exact) mass is 273 g/mol. The van der Waals surface area contributed by atoms with Crippen LogP contribution in [0.2, 0.25) is 0 Å². The van der Waals surface area contributed by atoms with E-state index in [-0.39, 0.29) is 30.3 Å². The molecule has 1 aromatic rings. The van der Waals surface area contributed by atoms with Crippen LogP contribution in [0, 0.1) is 19.8 Å². The average molecular weight is 273 g/mol. The molecule has 4 nitrogen and oxygen atoms in total. The molecule has 2 unspecified atom stereocenters. The van der Waals surface area contributed by atoms with E-state index in [1.165, 1.54) is 4.90 Å². The van der Waals surface area contributed by atoms with Crippen molar-refractivity contribution < 1.29 is 14.3 Å². The molecule has 3 rings (SSSR count). The predicted octanol–water partition coefficient (Wildman–Crippen LogP) is 2.36. The maximum Gasteiger partial charge on any atom is 0.240 e. The van der Waals surface area contributed by atoms with E-state index in [0.29, 0.717) is 6.61 Å². The molecule has 0 N–H and O–H groups in total. The minimum Gasteiger partial charge on any atom is -0.377 e. The zero-order valence-corrected chi connectivity index (χ0v) is 11.9. The van der Waals surface area contributed by atoms with Gasteiger partial charge in [0.25, 0.3) is 0 Å². The van der Waals surface area contributed by atoms with Crippen molar-refractivity contribution >= 4 is 17.5 Å². The Labute approximate surface area is 118 Å². The summed E-state index contributed by atoms with van der Waals surface area (Å²) in [6.45, 7) is 4.59. The third kappa shape index (κ3) is 2.14. The van der Waals surface area contributed by atoms with Crippen molar-refractivity contribution in [3.8, 4) is 0 Å². The summed E-state index contributed by atoms with van der Waals surface area (Å²) in [7, 11) is 0. The Morgan fingerprint density at radius 1 is 1.25 bits per heavy atom. The van der Waals surface area contributed by atoms with E-state index in [1.807, 2.05) is 32.0 Å². The first-order chi connectivity index (χ1) is 9.58. The molecule has 2 atom stereocenters. The molecular formula is C16H19NO3. The fourth-order valence-corrected chi connectivity index (χ4v) is 3.08. The molecule has 4 heteroatoms. The topological polar surface area (TPSA) is 46.6 Å². The SMILES string of the molecule is Cc1ccc(C)c(N2C(=O)CC(C3CCCO3)C2=O)c1. The number of hydrogen-bond acceptors (Lipinski definition) is 3. The van der Waals surface area contributed by atoms with Gasteiger partial charge in [0.15, 0.2) is 0 Å². The van der Waals surface area contributed by atoms with Gasteiger partial charge in [0, 0.05) is 13.0 Å². The molecule has 20 heavy (non-hydrogen) atoms. The van der Waals surface area contributed by atoms with Crippen LogP contribution in [-0.4, -0.2) is 24.5 Å². The first kappa shape index (κ1) is 13.3. The van der Waals surface area contributed by atoms with Crippen molar-refractivity contribution in [3.05, 3.63) is 29.3 Å². The molecule has 2 fully saturated rings. The molecule has 0 aliphatic carbocycles. The maximum atomic E-state index is 12.6. The van der Waals surface area contributed by atoms with Crippen molar-refractivity contribution in [2.45, 2.75) is 39.2 Å². The second-order valence-electron chi connectivity index (χ2n) is 5.72. The van der Waals surface area contributed by atoms with Gasteiger partial charge >= 0.3 is 0 Å². The largest absolute Gasteiger partial charge is 0.377 e. The number of carbonyl (C=O) groups excluding carboxylic acids is 2. The third-order valence-electron chi connectivity index (χ3n) is 4.20. The Kier molecular flexibility index (Phi) is 3.34. The Hall–Kier alpha value is -1.68. The van der Waals surface area contributed by atoms with Crippen molar-refractivity contribution in [1.82, 2.24) is 0 Å². The first-order valence-corrected chi connectivity index (χ1v) is 7.13. The first-order valence-electron chi connectivity index (χ1n) is 7.13. The van der Waals surface area contributed by atoms with E-state index >= 15 is 0 Å². The number of ether oxygens (including phenoxy) is 1. The third-order valence-corrected chi connectivity index (χ3v) is 4.20. The minimum absolute atomic E-state index is 0.0819. The highest BCUT2D eigenvalue weighted by Crippen LogP contribution is 2.34. The molecule has 0 bridgehead atoms. The van der Waals surface area contributed by atoms with E-state index in [1.54, 1.807) is 0 Å². The lowest BCUT2D eigenvalue weighted by molar-refractivity contribution is -0.124. The van der Waals surface area contributed by atoms with Gasteiger partial charge in [-0.2, -0.15) is 0 Å². The van der Waals surface area contributed by atoms with Gasteiger partial charge in [0.2, 0.25) is 11.8 Å². The molecule has 2 saturated heterocycles. The van der Waals surface area contributed by atoms with Gasteiger partial charge in [-0.05, 0) is 43.9 Å². The number of hydrogen-bond donors (Lipinski definition) is 0. The summed E-state index contributed by atoms with van der Waals surface area (Å²) in [5.74, 6) is -0.510. The summed E-state index contributed by atoms with van der Waals surface area (Å²) in [5, 5.41) is 0. The van der Waals surface area contributed by atoms with Crippen LogP contribution < -0.4 is 4.90 Å². The number of carbonyl (C=O) groups is 2. The van der Waals surface area contributed by atoms with Gasteiger partial charge in [-0.25, -0.2) is 4.90 Å². The number of anilines is 1. The van der Waals surface area contributed by atoms with Gasteiger partial charge in [0.05, 0.1) is 17.7 Å². The van der Waals surface area contributed by atoms with Gasteiger partial charge in [-0.1, -0.05) is 12.1 Å². The summed E-state index contributed by atoms with van der Waals surface area (Å²) in [5.41, 5.74) is 2.72. The highest BCUT2D eigenvalue weighted by atomic mass is 16.5. The lowest BCUT2D eigenvalue weighted by Crippen LogP contribution is -2.34. The van der Waals surface area contributed by atoms with E-state index in [0.717, 1.165) is 29.7 Å². The fourth-order valence-electron chi connectivity index (χ4n) is 3.08. The summed E-state index contributed by atoms with van der Waals surface area (Å²) in [4.78, 5) is 26.2. The molecule has 0 saturated carbocycles. The number of imide groups is 1. The van der Waals surface area contributed by atoms with E-state index in [4.69, 9.17) is 4.74 Å². The normalized spacial score (nSPS) is 26.6. The van der Waals surface area contributed by atoms with Crippen molar-refractivity contribution in [1.29, 1.82) is 0 Å². The van der Waals surface area contributed by atoms with Crippen molar-refractivity contribution in [2.75, 3.05) is 11.5 Å². The fraction of sp³-hybridized carbons (Fsp3) is 0.500. The van der Waals surface area contributed by atoms with Crippen LogP contribution in [0.5, 0.6) is 0 Å². The molecule has 2 heterocycles. The average Bonchev–Trinajstić information content (AvgIpc) is 3.02. The molecule has 1 aromatic carbocycles. The zero-order valence-electron chi connectivity index (χ0n) is 11.9. The lowest BCUT2D eigenvalue weighted by Gasteiger charge is -2.19. The number of amides is 2. The number of aryl methyl sites for hydroxylation is 2. The zero-order chi connectivity index (χ0) is 14.3. The molecule has 0 radical (unpaired) electrons. The van der Waals surface area contributed by atoms with Gasteiger partial charge in [-0.3, -0.25) is 9.59 Å². The Bertz CT molecular complexity index is 561. The Morgan fingerprint density at radius 3 is 2.75 bits per heavy atom. The molecule has 2 aliphatic rings. The summed E-state index contributed by atoms with van der Waals surface area (Å²) < 4.78 is 5.59. The van der Waals surface area contributed by atoms with E-state index in [9.17, 15) is 9.59 Å². The second kappa shape index (κ2) is 5.02. The van der Waals surface area contributed by atoms with Crippen LogP contribution >= 0.6 is 0 Å². The quantitative estimate of drug-likeness (QED) is 0.777. The smallest absolute Gasteiger partial charge is 0.240 e. The molecule has 106 valence electrons. The lowest BCUT2D eigenvalue weighted by atomic mass is 9.98. The van der Waals surface area contributed by atoms with Gasteiger partial charge < -0.3 is 4.74 Å². The van der Waals surface area contributed by atoms with Crippen LogP contribution in [0.15, 0.2) is 18.2 Å². The second-order valence-corrected chi connectivity index (χ2v) is 5.72. The molecule has 2 amide bonds. The standard InChI is InChI=1S/C16H19NO3/c1-10-5-6-11(2)13(8-10)17-15(18)9-12(16(17)19)14-4-3-7-20-14/h5-6,8,12,14H,3-4,7,9H2,1-2H3. The Balaban J connectivity index is 1.92. The van der Waals surface area contributed by atoms with E-state index in [2.05, 4.69) is 0 Å². The number of nitrogens with zero attached hydrogens (tertiary/aromatic N) is 1. The van der Waals surface area contributed by atoms with E-state index < -0.39 is 0 Å². The summed E-state index contributed by atoms with van der Waals surface area (Å²) >= 11 is 0.